The summed E-state index contributed by atoms with van der Waals surface area (Å²) in [5.74, 6) is 0.622. The van der Waals surface area contributed by atoms with Gasteiger partial charge in [-0.2, -0.15) is 0 Å². The summed E-state index contributed by atoms with van der Waals surface area (Å²) < 4.78 is 38.3. The molecule has 0 saturated carbocycles. The van der Waals surface area contributed by atoms with Gasteiger partial charge in [0.05, 0.1) is 24.7 Å². The van der Waals surface area contributed by atoms with Crippen molar-refractivity contribution >= 4 is 28.3 Å². The summed E-state index contributed by atoms with van der Waals surface area (Å²) in [5.41, 5.74) is 0. The maximum absolute atomic E-state index is 12.5. The van der Waals surface area contributed by atoms with E-state index in [0.29, 0.717) is 37.8 Å². The summed E-state index contributed by atoms with van der Waals surface area (Å²) in [4.78, 5) is 14.0. The molecule has 1 saturated heterocycles. The van der Waals surface area contributed by atoms with Crippen LogP contribution < -0.4 is 19.5 Å². The molecule has 1 aliphatic rings. The van der Waals surface area contributed by atoms with Crippen LogP contribution in [0, 0.1) is 0 Å². The fraction of sp³-hybridized carbons (Fsp3) is 0.588. The van der Waals surface area contributed by atoms with Gasteiger partial charge in [-0.25, -0.2) is 13.1 Å². The van der Waals surface area contributed by atoms with Gasteiger partial charge in [0, 0.05) is 25.7 Å². The molecule has 0 aliphatic carbocycles. The van der Waals surface area contributed by atoms with Gasteiger partial charge in [0.2, 0.25) is 15.9 Å². The van der Waals surface area contributed by atoms with Crippen molar-refractivity contribution in [2.45, 2.75) is 25.2 Å². The summed E-state index contributed by atoms with van der Waals surface area (Å²) in [5, 5.41) is 3.21. The zero-order valence-corrected chi connectivity index (χ0v) is 17.3. The van der Waals surface area contributed by atoms with E-state index >= 15 is 0 Å². The first kappa shape index (κ1) is 23.5. The van der Waals surface area contributed by atoms with Crippen LogP contribution >= 0.6 is 12.4 Å². The second-order valence-corrected chi connectivity index (χ2v) is 7.55. The number of sulfonamides is 1. The second-order valence-electron chi connectivity index (χ2n) is 5.78. The van der Waals surface area contributed by atoms with E-state index in [9.17, 15) is 13.2 Å². The van der Waals surface area contributed by atoms with Crippen molar-refractivity contribution in [1.29, 1.82) is 0 Å². The molecule has 0 unspecified atom stereocenters. The number of carbonyl (C=O) groups is 1. The Labute approximate surface area is 167 Å². The predicted molar refractivity (Wildman–Crippen MR) is 105 cm³/mol. The zero-order valence-electron chi connectivity index (χ0n) is 15.7. The van der Waals surface area contributed by atoms with Gasteiger partial charge in [0.25, 0.3) is 0 Å². The molecule has 8 nitrogen and oxygen atoms in total. The standard InChI is InChI=1S/C17H27N3O5S.ClH/c1-3-24-15-7-6-14(12-16(15)25-4-2)26(22,23)19-13-17(21)20-10-5-8-18-9-11-20;/h6-7,12,18-19H,3-5,8-11,13H2,1-2H3;1H. The van der Waals surface area contributed by atoms with Crippen molar-refractivity contribution in [3.05, 3.63) is 18.2 Å². The monoisotopic (exact) mass is 421 g/mol. The summed E-state index contributed by atoms with van der Waals surface area (Å²) >= 11 is 0. The number of nitrogens with one attached hydrogen (secondary N) is 2. The molecule has 154 valence electrons. The third kappa shape index (κ3) is 6.84. The zero-order chi connectivity index (χ0) is 19.0. The molecule has 1 aromatic rings. The van der Waals surface area contributed by atoms with Crippen molar-refractivity contribution in [2.75, 3.05) is 45.9 Å². The topological polar surface area (TPSA) is 97.0 Å². The molecule has 1 amide bonds. The number of ether oxygens (including phenoxy) is 2. The summed E-state index contributed by atoms with van der Waals surface area (Å²) in [6, 6.07) is 4.42. The number of hydrogen-bond donors (Lipinski definition) is 2. The van der Waals surface area contributed by atoms with Crippen LogP contribution in [-0.2, 0) is 14.8 Å². The summed E-state index contributed by atoms with van der Waals surface area (Å²) in [6.45, 7) is 7.01. The minimum atomic E-state index is -3.82. The summed E-state index contributed by atoms with van der Waals surface area (Å²) in [7, 11) is -3.82. The molecule has 1 heterocycles. The molecule has 0 radical (unpaired) electrons. The molecule has 1 aliphatic heterocycles. The Morgan fingerprint density at radius 1 is 1.15 bits per heavy atom. The highest BCUT2D eigenvalue weighted by Crippen LogP contribution is 2.30. The number of carbonyl (C=O) groups excluding carboxylic acids is 1. The van der Waals surface area contributed by atoms with Gasteiger partial charge in [-0.15, -0.1) is 12.4 Å². The molecule has 2 rings (SSSR count). The Bertz CT molecular complexity index is 707. The number of rotatable bonds is 8. The van der Waals surface area contributed by atoms with Gasteiger partial charge in [-0.05, 0) is 38.9 Å². The van der Waals surface area contributed by atoms with Gasteiger partial charge >= 0.3 is 0 Å². The Balaban J connectivity index is 0.00000364. The van der Waals surface area contributed by atoms with E-state index < -0.39 is 10.0 Å². The molecule has 1 aromatic carbocycles. The third-order valence-electron chi connectivity index (χ3n) is 3.93. The van der Waals surface area contributed by atoms with Crippen LogP contribution in [-0.4, -0.2) is 65.2 Å². The lowest BCUT2D eigenvalue weighted by Crippen LogP contribution is -2.41. The van der Waals surface area contributed by atoms with Crippen LogP contribution in [0.2, 0.25) is 0 Å². The molecule has 27 heavy (non-hydrogen) atoms. The largest absolute Gasteiger partial charge is 0.490 e. The molecular weight excluding hydrogens is 394 g/mol. The Morgan fingerprint density at radius 3 is 2.56 bits per heavy atom. The van der Waals surface area contributed by atoms with Gasteiger partial charge in [0.15, 0.2) is 11.5 Å². The fourth-order valence-corrected chi connectivity index (χ4v) is 3.64. The van der Waals surface area contributed by atoms with Crippen molar-refractivity contribution in [1.82, 2.24) is 14.9 Å². The number of amides is 1. The molecule has 2 N–H and O–H groups in total. The van der Waals surface area contributed by atoms with E-state index in [2.05, 4.69) is 10.0 Å². The smallest absolute Gasteiger partial charge is 0.241 e. The minimum absolute atomic E-state index is 0. The molecule has 1 fully saturated rings. The SMILES string of the molecule is CCOc1ccc(S(=O)(=O)NCC(=O)N2CCCNCC2)cc1OCC.Cl. The van der Waals surface area contributed by atoms with Crippen LogP contribution in [0.15, 0.2) is 23.1 Å². The lowest BCUT2D eigenvalue weighted by atomic mass is 10.3. The van der Waals surface area contributed by atoms with Crippen molar-refractivity contribution < 1.29 is 22.7 Å². The minimum Gasteiger partial charge on any atom is -0.490 e. The first-order chi connectivity index (χ1) is 12.5. The number of halogens is 1. The maximum Gasteiger partial charge on any atom is 0.241 e. The molecule has 0 spiro atoms. The predicted octanol–water partition coefficient (Wildman–Crippen LogP) is 1.01. The maximum atomic E-state index is 12.5. The van der Waals surface area contributed by atoms with E-state index in [1.807, 2.05) is 13.8 Å². The quantitative estimate of drug-likeness (QED) is 0.650. The van der Waals surface area contributed by atoms with Crippen LogP contribution in [0.25, 0.3) is 0 Å². The molecule has 0 atom stereocenters. The van der Waals surface area contributed by atoms with Crippen LogP contribution in [0.3, 0.4) is 0 Å². The number of benzene rings is 1. The highest BCUT2D eigenvalue weighted by molar-refractivity contribution is 7.89. The van der Waals surface area contributed by atoms with E-state index in [1.54, 1.807) is 11.0 Å². The van der Waals surface area contributed by atoms with E-state index in [4.69, 9.17) is 9.47 Å². The lowest BCUT2D eigenvalue weighted by Gasteiger charge is -2.20. The van der Waals surface area contributed by atoms with E-state index in [1.165, 1.54) is 12.1 Å². The molecule has 0 bridgehead atoms. The molecular formula is C17H28ClN3O5S. The Morgan fingerprint density at radius 2 is 1.85 bits per heavy atom. The van der Waals surface area contributed by atoms with Crippen molar-refractivity contribution in [3.63, 3.8) is 0 Å². The Hall–Kier alpha value is -1.55. The first-order valence-corrected chi connectivity index (χ1v) is 10.3. The molecule has 0 aromatic heterocycles. The van der Waals surface area contributed by atoms with Crippen LogP contribution in [0.4, 0.5) is 0 Å². The normalized spacial score (nSPS) is 14.8. The van der Waals surface area contributed by atoms with Crippen molar-refractivity contribution in [3.8, 4) is 11.5 Å². The van der Waals surface area contributed by atoms with Gasteiger partial charge in [0.1, 0.15) is 0 Å². The number of hydrogen-bond acceptors (Lipinski definition) is 6. The van der Waals surface area contributed by atoms with Crippen LogP contribution in [0.1, 0.15) is 20.3 Å². The van der Waals surface area contributed by atoms with E-state index in [-0.39, 0.29) is 29.8 Å². The highest BCUT2D eigenvalue weighted by Gasteiger charge is 2.21. The van der Waals surface area contributed by atoms with Gasteiger partial charge in [-0.1, -0.05) is 0 Å². The second kappa shape index (κ2) is 11.3. The first-order valence-electron chi connectivity index (χ1n) is 8.85. The molecule has 10 heteroatoms. The van der Waals surface area contributed by atoms with Crippen LogP contribution in [0.5, 0.6) is 11.5 Å². The average Bonchev–Trinajstić information content (AvgIpc) is 2.91. The average molecular weight is 422 g/mol. The van der Waals surface area contributed by atoms with E-state index in [0.717, 1.165) is 19.5 Å². The van der Waals surface area contributed by atoms with Crippen molar-refractivity contribution in [2.24, 2.45) is 0 Å². The Kier molecular flexibility index (Phi) is 9.86. The summed E-state index contributed by atoms with van der Waals surface area (Å²) in [6.07, 6.45) is 0.856. The number of nitrogens with zero attached hydrogens (tertiary/aromatic N) is 1. The lowest BCUT2D eigenvalue weighted by molar-refractivity contribution is -0.129. The third-order valence-corrected chi connectivity index (χ3v) is 5.33. The highest BCUT2D eigenvalue weighted by atomic mass is 35.5. The fourth-order valence-electron chi connectivity index (χ4n) is 2.65. The van der Waals surface area contributed by atoms with Gasteiger partial charge < -0.3 is 19.7 Å². The van der Waals surface area contributed by atoms with Gasteiger partial charge in [-0.3, -0.25) is 4.79 Å².